The Labute approximate surface area is 227 Å². The zero-order chi connectivity index (χ0) is 26.2. The van der Waals surface area contributed by atoms with Crippen molar-refractivity contribution in [3.63, 3.8) is 0 Å². The van der Waals surface area contributed by atoms with Crippen LogP contribution in [0.25, 0.3) is 16.3 Å². The maximum atomic E-state index is 13.5. The second-order valence-electron chi connectivity index (χ2n) is 8.08. The van der Waals surface area contributed by atoms with Gasteiger partial charge in [-0.25, -0.2) is 4.98 Å². The van der Waals surface area contributed by atoms with E-state index in [9.17, 15) is 4.79 Å². The number of halogens is 1. The van der Waals surface area contributed by atoms with E-state index in [0.29, 0.717) is 45.9 Å². The molecular formula is C26H34ClN3O6S. The number of ether oxygens (including phenoxy) is 5. The fourth-order valence-electron chi connectivity index (χ4n) is 3.69. The Morgan fingerprint density at radius 1 is 0.892 bits per heavy atom. The molecule has 0 atom stereocenters. The molecule has 2 aromatic carbocycles. The molecular weight excluding hydrogens is 518 g/mol. The van der Waals surface area contributed by atoms with Gasteiger partial charge in [0.05, 0.1) is 35.5 Å². The molecule has 3 rings (SSSR count). The van der Waals surface area contributed by atoms with E-state index in [-0.39, 0.29) is 18.3 Å². The number of fused-ring (bicyclic) bond motifs is 1. The van der Waals surface area contributed by atoms with E-state index in [2.05, 4.69) is 4.90 Å². The van der Waals surface area contributed by atoms with Gasteiger partial charge >= 0.3 is 0 Å². The third-order valence-electron chi connectivity index (χ3n) is 5.49. The van der Waals surface area contributed by atoms with E-state index in [0.717, 1.165) is 23.2 Å². The minimum Gasteiger partial charge on any atom is -0.495 e. The number of carbonyl (C=O) groups excluding carboxylic acids is 1. The van der Waals surface area contributed by atoms with Crippen molar-refractivity contribution in [2.45, 2.75) is 6.42 Å². The molecule has 0 spiro atoms. The first-order chi connectivity index (χ1) is 17.4. The Balaban J connectivity index is 0.00000481. The van der Waals surface area contributed by atoms with Crippen molar-refractivity contribution in [1.29, 1.82) is 0 Å². The number of aromatic nitrogens is 1. The molecule has 3 aromatic rings. The van der Waals surface area contributed by atoms with Crippen LogP contribution in [0, 0.1) is 0 Å². The van der Waals surface area contributed by atoms with Crippen molar-refractivity contribution in [1.82, 2.24) is 9.88 Å². The number of nitrogens with zero attached hydrogens (tertiary/aromatic N) is 3. The van der Waals surface area contributed by atoms with Crippen molar-refractivity contribution < 1.29 is 28.5 Å². The van der Waals surface area contributed by atoms with E-state index in [1.165, 1.54) is 17.4 Å². The Bertz CT molecular complexity index is 1160. The molecule has 0 radical (unpaired) electrons. The Morgan fingerprint density at radius 2 is 1.49 bits per heavy atom. The highest BCUT2D eigenvalue weighted by molar-refractivity contribution is 7.22. The first-order valence-electron chi connectivity index (χ1n) is 11.3. The van der Waals surface area contributed by atoms with Crippen molar-refractivity contribution in [2.24, 2.45) is 0 Å². The van der Waals surface area contributed by atoms with E-state index >= 15 is 0 Å². The topological polar surface area (TPSA) is 82.6 Å². The maximum absolute atomic E-state index is 13.5. The summed E-state index contributed by atoms with van der Waals surface area (Å²) in [6.07, 6.45) is 4.03. The summed E-state index contributed by atoms with van der Waals surface area (Å²) in [5, 5.41) is 0.575. The van der Waals surface area contributed by atoms with E-state index in [1.807, 2.05) is 26.2 Å². The number of hydrogen-bond acceptors (Lipinski definition) is 9. The Hall–Kier alpha value is -3.21. The monoisotopic (exact) mass is 551 g/mol. The molecule has 0 aliphatic carbocycles. The molecule has 0 saturated carbocycles. The van der Waals surface area contributed by atoms with Gasteiger partial charge in [0.15, 0.2) is 16.6 Å². The number of methoxy groups -OCH3 is 5. The van der Waals surface area contributed by atoms with Gasteiger partial charge in [0.2, 0.25) is 5.75 Å². The minimum absolute atomic E-state index is 0. The number of hydrogen-bond donors (Lipinski definition) is 0. The zero-order valence-corrected chi connectivity index (χ0v) is 23.8. The summed E-state index contributed by atoms with van der Waals surface area (Å²) in [5.74, 6) is 2.63. The molecule has 0 fully saturated rings. The average Bonchev–Trinajstić information content (AvgIpc) is 3.33. The summed E-state index contributed by atoms with van der Waals surface area (Å²) >= 11 is 1.40. The molecule has 11 heteroatoms. The fraction of sp³-hybridized carbons (Fsp3) is 0.385. The average molecular weight is 552 g/mol. The third kappa shape index (κ3) is 6.97. The van der Waals surface area contributed by atoms with Gasteiger partial charge in [-0.05, 0) is 63.0 Å². The summed E-state index contributed by atoms with van der Waals surface area (Å²) in [6.45, 7) is 1.33. The molecule has 202 valence electrons. The van der Waals surface area contributed by atoms with E-state index < -0.39 is 0 Å². The van der Waals surface area contributed by atoms with Gasteiger partial charge in [-0.15, -0.1) is 12.4 Å². The van der Waals surface area contributed by atoms with Gasteiger partial charge < -0.3 is 28.6 Å². The SMILES string of the molecule is COc1cc(C=CC(=O)N(CCCN(C)C)c2nc3c(OC)ccc(OC)c3s2)cc(OC)c1OC.Cl. The van der Waals surface area contributed by atoms with Crippen molar-refractivity contribution in [2.75, 3.05) is 67.6 Å². The van der Waals surface area contributed by atoms with Gasteiger partial charge in [-0.1, -0.05) is 11.3 Å². The Kier molecular flexibility index (Phi) is 11.3. The van der Waals surface area contributed by atoms with Crippen molar-refractivity contribution in [3.05, 3.63) is 35.9 Å². The molecule has 1 aromatic heterocycles. The molecule has 1 heterocycles. The molecule has 0 aliphatic heterocycles. The fourth-order valence-corrected chi connectivity index (χ4v) is 4.80. The predicted molar refractivity (Wildman–Crippen MR) is 151 cm³/mol. The summed E-state index contributed by atoms with van der Waals surface area (Å²) in [4.78, 5) is 22.0. The number of carbonyl (C=O) groups is 1. The third-order valence-corrected chi connectivity index (χ3v) is 6.58. The van der Waals surface area contributed by atoms with E-state index in [1.54, 1.807) is 58.7 Å². The first kappa shape index (κ1) is 30.0. The second kappa shape index (κ2) is 13.9. The molecule has 0 saturated heterocycles. The van der Waals surface area contributed by atoms with Crippen LogP contribution < -0.4 is 28.6 Å². The van der Waals surface area contributed by atoms with E-state index in [4.69, 9.17) is 28.7 Å². The lowest BCUT2D eigenvalue weighted by Gasteiger charge is -2.19. The molecule has 0 aliphatic rings. The van der Waals surface area contributed by atoms with Gasteiger partial charge in [-0.3, -0.25) is 9.69 Å². The van der Waals surface area contributed by atoms with Crippen LogP contribution in [-0.2, 0) is 4.79 Å². The van der Waals surface area contributed by atoms with Crippen LogP contribution in [0.5, 0.6) is 28.7 Å². The summed E-state index contributed by atoms with van der Waals surface area (Å²) < 4.78 is 28.1. The highest BCUT2D eigenvalue weighted by Gasteiger charge is 2.21. The van der Waals surface area contributed by atoms with Crippen LogP contribution in [-0.4, -0.2) is 78.5 Å². The summed E-state index contributed by atoms with van der Waals surface area (Å²) in [6, 6.07) is 7.22. The maximum Gasteiger partial charge on any atom is 0.252 e. The number of benzene rings is 2. The number of anilines is 1. The quantitative estimate of drug-likeness (QED) is 0.298. The van der Waals surface area contributed by atoms with Gasteiger partial charge in [0.1, 0.15) is 21.7 Å². The lowest BCUT2D eigenvalue weighted by Crippen LogP contribution is -2.32. The number of thiazole rings is 1. The van der Waals surface area contributed by atoms with Crippen LogP contribution >= 0.6 is 23.7 Å². The van der Waals surface area contributed by atoms with Crippen LogP contribution in [0.1, 0.15) is 12.0 Å². The van der Waals surface area contributed by atoms with Gasteiger partial charge in [0.25, 0.3) is 5.91 Å². The molecule has 9 nitrogen and oxygen atoms in total. The van der Waals surface area contributed by atoms with Crippen LogP contribution in [0.2, 0.25) is 0 Å². The van der Waals surface area contributed by atoms with Crippen LogP contribution in [0.3, 0.4) is 0 Å². The minimum atomic E-state index is -0.195. The largest absolute Gasteiger partial charge is 0.495 e. The molecule has 0 N–H and O–H groups in total. The summed E-state index contributed by atoms with van der Waals surface area (Å²) in [5.41, 5.74) is 1.40. The lowest BCUT2D eigenvalue weighted by atomic mass is 10.1. The standard InChI is InChI=1S/C26H33N3O6S.ClH/c1-28(2)13-8-14-29(26-27-23-18(31-3)10-11-19(32-4)25(23)36-26)22(30)12-9-17-15-20(33-5)24(35-7)21(16-17)34-6;/h9-12,15-16H,8,13-14H2,1-7H3;1H. The molecule has 0 bridgehead atoms. The van der Waals surface area contributed by atoms with Crippen molar-refractivity contribution in [3.8, 4) is 28.7 Å². The van der Waals surface area contributed by atoms with Gasteiger partial charge in [-0.2, -0.15) is 0 Å². The van der Waals surface area contributed by atoms with Crippen LogP contribution in [0.4, 0.5) is 5.13 Å². The highest BCUT2D eigenvalue weighted by Crippen LogP contribution is 2.41. The predicted octanol–water partition coefficient (Wildman–Crippen LogP) is 4.76. The van der Waals surface area contributed by atoms with Gasteiger partial charge in [0, 0.05) is 12.6 Å². The zero-order valence-electron chi connectivity index (χ0n) is 22.2. The number of amides is 1. The number of rotatable bonds is 12. The summed E-state index contributed by atoms with van der Waals surface area (Å²) in [7, 11) is 11.9. The molecule has 37 heavy (non-hydrogen) atoms. The smallest absolute Gasteiger partial charge is 0.252 e. The molecule has 1 amide bonds. The highest BCUT2D eigenvalue weighted by atomic mass is 35.5. The van der Waals surface area contributed by atoms with Crippen LogP contribution in [0.15, 0.2) is 30.3 Å². The lowest BCUT2D eigenvalue weighted by molar-refractivity contribution is -0.114. The van der Waals surface area contributed by atoms with Crippen molar-refractivity contribution >= 4 is 51.1 Å². The normalized spacial score (nSPS) is 10.9. The first-order valence-corrected chi connectivity index (χ1v) is 12.1. The molecule has 0 unspecified atom stereocenters. The second-order valence-corrected chi connectivity index (χ2v) is 9.06. The Morgan fingerprint density at radius 3 is 2.03 bits per heavy atom.